The van der Waals surface area contributed by atoms with E-state index in [1.165, 1.54) is 6.54 Å². The van der Waals surface area contributed by atoms with E-state index in [9.17, 15) is 4.79 Å². The van der Waals surface area contributed by atoms with Crippen LogP contribution in [-0.4, -0.2) is 74.9 Å². The Balaban J connectivity index is 1.40. The van der Waals surface area contributed by atoms with E-state index < -0.39 is 0 Å². The zero-order valence-electron chi connectivity index (χ0n) is 12.3. The molecule has 3 aliphatic heterocycles. The molecule has 3 saturated heterocycles. The molecule has 0 saturated carbocycles. The normalized spacial score (nSPS) is 29.8. The lowest BCUT2D eigenvalue weighted by Gasteiger charge is -2.36. The summed E-state index contributed by atoms with van der Waals surface area (Å²) in [4.78, 5) is 16.9. The summed E-state index contributed by atoms with van der Waals surface area (Å²) in [6.45, 7) is 8.32. The molecule has 1 atom stereocenters. The van der Waals surface area contributed by atoms with Crippen LogP contribution in [0.4, 0.5) is 0 Å². The summed E-state index contributed by atoms with van der Waals surface area (Å²) in [5, 5.41) is 0. The molecule has 0 aromatic heterocycles. The Hall–Kier alpha value is -0.650. The zero-order valence-corrected chi connectivity index (χ0v) is 12.3. The van der Waals surface area contributed by atoms with Gasteiger partial charge in [-0.05, 0) is 25.2 Å². The van der Waals surface area contributed by atoms with Crippen molar-refractivity contribution in [1.82, 2.24) is 9.80 Å². The molecule has 3 aliphatic rings. The van der Waals surface area contributed by atoms with E-state index in [2.05, 4.69) is 9.80 Å². The van der Waals surface area contributed by atoms with Crippen LogP contribution in [0, 0.1) is 11.8 Å². The summed E-state index contributed by atoms with van der Waals surface area (Å²) < 4.78 is 10.7. The zero-order chi connectivity index (χ0) is 13.8. The summed E-state index contributed by atoms with van der Waals surface area (Å²) in [5.41, 5.74) is 0. The number of hydrogen-bond acceptors (Lipinski definition) is 4. The highest BCUT2D eigenvalue weighted by atomic mass is 16.5. The van der Waals surface area contributed by atoms with Crippen LogP contribution in [0.2, 0.25) is 0 Å². The minimum Gasteiger partial charge on any atom is -0.381 e. The molecule has 5 nitrogen and oxygen atoms in total. The Morgan fingerprint density at radius 2 is 1.70 bits per heavy atom. The molecule has 0 aromatic rings. The molecule has 0 aromatic carbocycles. The number of carbonyl (C=O) groups is 1. The summed E-state index contributed by atoms with van der Waals surface area (Å²) in [6, 6.07) is 0. The van der Waals surface area contributed by atoms with Crippen molar-refractivity contribution in [2.75, 3.05) is 59.2 Å². The number of nitrogens with zero attached hydrogens (tertiary/aromatic N) is 2. The second-order valence-electron chi connectivity index (χ2n) is 6.24. The molecule has 0 N–H and O–H groups in total. The first-order valence-electron chi connectivity index (χ1n) is 7.99. The Morgan fingerprint density at radius 1 is 0.950 bits per heavy atom. The van der Waals surface area contributed by atoms with Gasteiger partial charge in [0.05, 0.1) is 25.7 Å². The first kappa shape index (κ1) is 14.3. The molecule has 0 bridgehead atoms. The SMILES string of the molecule is O=C([C@@H]1CCOC1)N1CCC(CN2CCOCC2)CC1. The fourth-order valence-electron chi connectivity index (χ4n) is 3.47. The van der Waals surface area contributed by atoms with Gasteiger partial charge in [0.15, 0.2) is 0 Å². The molecular formula is C15H26N2O3. The molecule has 3 fully saturated rings. The van der Waals surface area contributed by atoms with Crippen LogP contribution in [0.1, 0.15) is 19.3 Å². The maximum absolute atomic E-state index is 12.3. The van der Waals surface area contributed by atoms with Crippen LogP contribution in [0.15, 0.2) is 0 Å². The van der Waals surface area contributed by atoms with Crippen LogP contribution < -0.4 is 0 Å². The number of carbonyl (C=O) groups excluding carboxylic acids is 1. The summed E-state index contributed by atoms with van der Waals surface area (Å²) in [7, 11) is 0. The molecule has 20 heavy (non-hydrogen) atoms. The van der Waals surface area contributed by atoms with Crippen LogP contribution in [0.3, 0.4) is 0 Å². The number of morpholine rings is 1. The van der Waals surface area contributed by atoms with E-state index in [-0.39, 0.29) is 5.92 Å². The van der Waals surface area contributed by atoms with Gasteiger partial charge in [0, 0.05) is 39.3 Å². The van der Waals surface area contributed by atoms with Gasteiger partial charge in [-0.2, -0.15) is 0 Å². The lowest BCUT2D eigenvalue weighted by Crippen LogP contribution is -2.45. The Labute approximate surface area is 121 Å². The average molecular weight is 282 g/mol. The van der Waals surface area contributed by atoms with E-state index >= 15 is 0 Å². The van der Waals surface area contributed by atoms with Crippen LogP contribution in [0.5, 0.6) is 0 Å². The number of rotatable bonds is 3. The maximum Gasteiger partial charge on any atom is 0.228 e. The second kappa shape index (κ2) is 6.87. The van der Waals surface area contributed by atoms with Crippen LogP contribution in [0.25, 0.3) is 0 Å². The van der Waals surface area contributed by atoms with Gasteiger partial charge in [-0.15, -0.1) is 0 Å². The minimum absolute atomic E-state index is 0.130. The van der Waals surface area contributed by atoms with Crippen LogP contribution in [-0.2, 0) is 14.3 Å². The van der Waals surface area contributed by atoms with Crippen molar-refractivity contribution >= 4 is 5.91 Å². The van der Waals surface area contributed by atoms with Crippen molar-refractivity contribution in [2.24, 2.45) is 11.8 Å². The van der Waals surface area contributed by atoms with Gasteiger partial charge in [-0.1, -0.05) is 0 Å². The fraction of sp³-hybridized carbons (Fsp3) is 0.933. The van der Waals surface area contributed by atoms with Crippen molar-refractivity contribution in [1.29, 1.82) is 0 Å². The molecule has 3 heterocycles. The van der Waals surface area contributed by atoms with Crippen molar-refractivity contribution < 1.29 is 14.3 Å². The largest absolute Gasteiger partial charge is 0.381 e. The smallest absolute Gasteiger partial charge is 0.228 e. The molecule has 0 radical (unpaired) electrons. The third kappa shape index (κ3) is 3.51. The van der Waals surface area contributed by atoms with Gasteiger partial charge in [0.2, 0.25) is 5.91 Å². The molecule has 5 heteroatoms. The maximum atomic E-state index is 12.3. The topological polar surface area (TPSA) is 42.0 Å². The quantitative estimate of drug-likeness (QED) is 0.760. The molecule has 0 spiro atoms. The highest BCUT2D eigenvalue weighted by molar-refractivity contribution is 5.79. The molecule has 0 unspecified atom stereocenters. The first-order valence-corrected chi connectivity index (χ1v) is 7.99. The third-order valence-electron chi connectivity index (χ3n) is 4.83. The number of amides is 1. The third-order valence-corrected chi connectivity index (χ3v) is 4.83. The van der Waals surface area contributed by atoms with Gasteiger partial charge >= 0.3 is 0 Å². The van der Waals surface area contributed by atoms with E-state index in [0.29, 0.717) is 12.5 Å². The second-order valence-corrected chi connectivity index (χ2v) is 6.24. The lowest BCUT2D eigenvalue weighted by atomic mass is 9.94. The Morgan fingerprint density at radius 3 is 2.35 bits per heavy atom. The summed E-state index contributed by atoms with van der Waals surface area (Å²) in [6.07, 6.45) is 3.21. The van der Waals surface area contributed by atoms with Gasteiger partial charge < -0.3 is 14.4 Å². The Bertz CT molecular complexity index is 317. The van der Waals surface area contributed by atoms with Gasteiger partial charge in [-0.3, -0.25) is 9.69 Å². The van der Waals surface area contributed by atoms with Gasteiger partial charge in [0.1, 0.15) is 0 Å². The fourth-order valence-corrected chi connectivity index (χ4v) is 3.47. The van der Waals surface area contributed by atoms with Crippen LogP contribution >= 0.6 is 0 Å². The summed E-state index contributed by atoms with van der Waals surface area (Å²) in [5.74, 6) is 1.20. The van der Waals surface area contributed by atoms with E-state index in [1.807, 2.05) is 0 Å². The van der Waals surface area contributed by atoms with Crippen molar-refractivity contribution in [2.45, 2.75) is 19.3 Å². The number of likely N-dealkylation sites (tertiary alicyclic amines) is 1. The summed E-state index contributed by atoms with van der Waals surface area (Å²) >= 11 is 0. The first-order chi connectivity index (χ1) is 9.83. The monoisotopic (exact) mass is 282 g/mol. The van der Waals surface area contributed by atoms with E-state index in [0.717, 1.165) is 71.2 Å². The molecule has 0 aliphatic carbocycles. The van der Waals surface area contributed by atoms with Crippen molar-refractivity contribution in [3.05, 3.63) is 0 Å². The molecular weight excluding hydrogens is 256 g/mol. The number of hydrogen-bond donors (Lipinski definition) is 0. The minimum atomic E-state index is 0.130. The molecule has 3 rings (SSSR count). The number of piperidine rings is 1. The average Bonchev–Trinajstić information content (AvgIpc) is 3.03. The highest BCUT2D eigenvalue weighted by Crippen LogP contribution is 2.22. The number of ether oxygens (including phenoxy) is 2. The standard InChI is InChI=1S/C15H26N2O3/c18-15(14-3-8-20-12-14)17-4-1-13(2-5-17)11-16-6-9-19-10-7-16/h13-14H,1-12H2/t14-/m1/s1. The Kier molecular flexibility index (Phi) is 4.91. The van der Waals surface area contributed by atoms with Gasteiger partial charge in [0.25, 0.3) is 0 Å². The molecule has 1 amide bonds. The highest BCUT2D eigenvalue weighted by Gasteiger charge is 2.31. The predicted octanol–water partition coefficient (Wildman–Crippen LogP) is 0.594. The van der Waals surface area contributed by atoms with E-state index in [4.69, 9.17) is 9.47 Å². The van der Waals surface area contributed by atoms with Gasteiger partial charge in [-0.25, -0.2) is 0 Å². The predicted molar refractivity (Wildman–Crippen MR) is 75.5 cm³/mol. The molecule has 114 valence electrons. The van der Waals surface area contributed by atoms with E-state index in [1.54, 1.807) is 0 Å². The van der Waals surface area contributed by atoms with Crippen molar-refractivity contribution in [3.8, 4) is 0 Å². The van der Waals surface area contributed by atoms with Crippen molar-refractivity contribution in [3.63, 3.8) is 0 Å². The lowest BCUT2D eigenvalue weighted by molar-refractivity contribution is -0.137.